The van der Waals surface area contributed by atoms with Gasteiger partial charge in [0.2, 0.25) is 5.91 Å². The molecule has 8 heteroatoms. The van der Waals surface area contributed by atoms with Gasteiger partial charge in [-0.1, -0.05) is 0 Å². The van der Waals surface area contributed by atoms with Crippen LogP contribution in [0.4, 0.5) is 11.4 Å². The lowest BCUT2D eigenvalue weighted by Crippen LogP contribution is -2.30. The molecule has 0 bridgehead atoms. The maximum Gasteiger partial charge on any atom is 0.255 e. The van der Waals surface area contributed by atoms with Gasteiger partial charge in [-0.25, -0.2) is 4.98 Å². The Kier molecular flexibility index (Phi) is 6.47. The van der Waals surface area contributed by atoms with Crippen molar-refractivity contribution in [2.45, 2.75) is 25.9 Å². The number of hydrogen-bond acceptors (Lipinski definition) is 6. The van der Waals surface area contributed by atoms with Crippen LogP contribution in [0.3, 0.4) is 0 Å². The number of anilines is 2. The second-order valence-corrected chi connectivity index (χ2v) is 8.11. The number of rotatable bonds is 7. The third kappa shape index (κ3) is 5.21. The molecule has 3 N–H and O–H groups in total. The minimum atomic E-state index is -0.526. The normalized spacial score (nSPS) is 13.6. The van der Waals surface area contributed by atoms with Crippen LogP contribution in [0.1, 0.15) is 45.7 Å². The molecule has 3 aromatic rings. The Morgan fingerprint density at radius 1 is 1.06 bits per heavy atom. The predicted molar refractivity (Wildman–Crippen MR) is 122 cm³/mol. The van der Waals surface area contributed by atoms with Gasteiger partial charge in [-0.05, 0) is 61.7 Å². The molecule has 1 aliphatic heterocycles. The number of carbonyl (C=O) groups excluding carboxylic acids is 2. The van der Waals surface area contributed by atoms with E-state index >= 15 is 0 Å². The predicted octanol–water partition coefficient (Wildman–Crippen LogP) is 4.06. The number of amides is 2. The van der Waals surface area contributed by atoms with E-state index < -0.39 is 5.91 Å². The maximum atomic E-state index is 12.9. The summed E-state index contributed by atoms with van der Waals surface area (Å²) in [6.07, 6.45) is 3.41. The first kappa shape index (κ1) is 20.9. The molecule has 0 radical (unpaired) electrons. The first-order valence-electron chi connectivity index (χ1n) is 10.2. The summed E-state index contributed by atoms with van der Waals surface area (Å²) < 4.78 is 5.70. The summed E-state index contributed by atoms with van der Waals surface area (Å²) in [6, 6.07) is 12.1. The average Bonchev–Trinajstić information content (AvgIpc) is 3.32. The van der Waals surface area contributed by atoms with Crippen molar-refractivity contribution in [3.05, 3.63) is 70.2 Å². The van der Waals surface area contributed by atoms with Gasteiger partial charge in [0, 0.05) is 29.6 Å². The Morgan fingerprint density at radius 2 is 1.81 bits per heavy atom. The lowest BCUT2D eigenvalue weighted by molar-refractivity contribution is 0.0996. The van der Waals surface area contributed by atoms with Gasteiger partial charge in [0.05, 0.1) is 22.6 Å². The summed E-state index contributed by atoms with van der Waals surface area (Å²) in [4.78, 5) is 31.0. The fourth-order valence-corrected chi connectivity index (χ4v) is 4.11. The Hall–Kier alpha value is -3.39. The summed E-state index contributed by atoms with van der Waals surface area (Å²) in [5.74, 6) is -0.123. The number of thiazole rings is 1. The molecule has 0 aliphatic carbocycles. The molecular weight excluding hydrogens is 412 g/mol. The largest absolute Gasteiger partial charge is 0.487 e. The Morgan fingerprint density at radius 3 is 2.48 bits per heavy atom. The van der Waals surface area contributed by atoms with Gasteiger partial charge in [-0.15, -0.1) is 11.3 Å². The maximum absolute atomic E-state index is 12.9. The average molecular weight is 437 g/mol. The van der Waals surface area contributed by atoms with Gasteiger partial charge in [-0.2, -0.15) is 0 Å². The number of ether oxygens (including phenoxy) is 1. The smallest absolute Gasteiger partial charge is 0.255 e. The van der Waals surface area contributed by atoms with E-state index in [9.17, 15) is 9.59 Å². The van der Waals surface area contributed by atoms with Crippen LogP contribution in [0.15, 0.2) is 53.4 Å². The topological polar surface area (TPSA) is 97.6 Å². The van der Waals surface area contributed by atoms with Gasteiger partial charge < -0.3 is 20.7 Å². The van der Waals surface area contributed by atoms with Crippen LogP contribution in [0.5, 0.6) is 5.75 Å². The lowest BCUT2D eigenvalue weighted by Gasteiger charge is -2.30. The number of piperidine rings is 1. The number of hydrogen-bond donors (Lipinski definition) is 2. The van der Waals surface area contributed by atoms with Crippen LogP contribution in [-0.4, -0.2) is 29.9 Å². The van der Waals surface area contributed by atoms with Crippen molar-refractivity contribution in [3.63, 3.8) is 0 Å². The van der Waals surface area contributed by atoms with Gasteiger partial charge in [0.1, 0.15) is 12.4 Å². The van der Waals surface area contributed by atoms with Crippen LogP contribution < -0.4 is 20.7 Å². The molecule has 7 nitrogen and oxygen atoms in total. The quantitative estimate of drug-likeness (QED) is 0.582. The summed E-state index contributed by atoms with van der Waals surface area (Å²) in [5, 5.41) is 4.89. The molecule has 0 atom stereocenters. The molecule has 2 heterocycles. The van der Waals surface area contributed by atoms with Crippen molar-refractivity contribution in [1.82, 2.24) is 4.98 Å². The summed E-state index contributed by atoms with van der Waals surface area (Å²) in [7, 11) is 0. The number of primary amides is 1. The Labute approximate surface area is 184 Å². The van der Waals surface area contributed by atoms with Gasteiger partial charge in [-0.3, -0.25) is 9.59 Å². The number of benzene rings is 2. The van der Waals surface area contributed by atoms with E-state index in [1.807, 2.05) is 11.4 Å². The summed E-state index contributed by atoms with van der Waals surface area (Å²) >= 11 is 1.52. The minimum Gasteiger partial charge on any atom is -0.487 e. The highest BCUT2D eigenvalue weighted by Crippen LogP contribution is 2.30. The molecule has 0 saturated carbocycles. The fraction of sp³-hybridized carbons (Fsp3) is 0.261. The third-order valence-corrected chi connectivity index (χ3v) is 5.85. The molecule has 0 spiro atoms. The fourth-order valence-electron chi connectivity index (χ4n) is 3.56. The lowest BCUT2D eigenvalue weighted by atomic mass is 10.1. The zero-order valence-corrected chi connectivity index (χ0v) is 17.9. The molecule has 1 aromatic heterocycles. The standard InChI is InChI=1S/C23H24N4O3S/c24-22(28)17-6-9-21(27-10-2-1-3-11-27)20(12-17)26-23(29)16-4-7-19(8-5-16)30-13-18-14-31-15-25-18/h4-9,12,14-15H,1-3,10-11,13H2,(H2,24,28)(H,26,29). The second-order valence-electron chi connectivity index (χ2n) is 7.39. The minimum absolute atomic E-state index is 0.258. The Bertz CT molecular complexity index is 1050. The highest BCUT2D eigenvalue weighted by molar-refractivity contribution is 7.07. The summed E-state index contributed by atoms with van der Waals surface area (Å²) in [5.41, 5.74) is 10.4. The second kappa shape index (κ2) is 9.61. The molecule has 0 unspecified atom stereocenters. The summed E-state index contributed by atoms with van der Waals surface area (Å²) in [6.45, 7) is 2.22. The Balaban J connectivity index is 1.48. The number of nitrogens with two attached hydrogens (primary N) is 1. The molecule has 4 rings (SSSR count). The number of nitrogens with one attached hydrogen (secondary N) is 1. The van der Waals surface area contributed by atoms with Crippen LogP contribution in [0.2, 0.25) is 0 Å². The van der Waals surface area contributed by atoms with E-state index in [-0.39, 0.29) is 5.91 Å². The van der Waals surface area contributed by atoms with Crippen molar-refractivity contribution in [2.24, 2.45) is 5.73 Å². The number of nitrogens with zero attached hydrogens (tertiary/aromatic N) is 2. The van der Waals surface area contributed by atoms with Crippen LogP contribution in [0, 0.1) is 0 Å². The number of aromatic nitrogens is 1. The molecular formula is C23H24N4O3S. The molecule has 2 aromatic carbocycles. The van der Waals surface area contributed by atoms with Crippen LogP contribution in [0.25, 0.3) is 0 Å². The number of carbonyl (C=O) groups is 2. The van der Waals surface area contributed by atoms with Gasteiger partial charge >= 0.3 is 0 Å². The van der Waals surface area contributed by atoms with E-state index in [1.165, 1.54) is 17.8 Å². The van der Waals surface area contributed by atoms with Gasteiger partial charge in [0.15, 0.2) is 0 Å². The van der Waals surface area contributed by atoms with E-state index in [2.05, 4.69) is 15.2 Å². The first-order chi connectivity index (χ1) is 15.1. The SMILES string of the molecule is NC(=O)c1ccc(N2CCCCC2)c(NC(=O)c2ccc(OCc3cscn3)cc2)c1. The highest BCUT2D eigenvalue weighted by Gasteiger charge is 2.18. The molecule has 1 saturated heterocycles. The van der Waals surface area contributed by atoms with Crippen LogP contribution in [-0.2, 0) is 6.61 Å². The first-order valence-corrected chi connectivity index (χ1v) is 11.1. The van der Waals surface area contributed by atoms with E-state index in [0.717, 1.165) is 37.3 Å². The van der Waals surface area contributed by atoms with Crippen molar-refractivity contribution >= 4 is 34.5 Å². The molecule has 31 heavy (non-hydrogen) atoms. The van der Waals surface area contributed by atoms with E-state index in [1.54, 1.807) is 41.9 Å². The van der Waals surface area contributed by atoms with Crippen molar-refractivity contribution in [2.75, 3.05) is 23.3 Å². The third-order valence-electron chi connectivity index (χ3n) is 5.21. The zero-order chi connectivity index (χ0) is 21.6. The molecule has 2 amide bonds. The highest BCUT2D eigenvalue weighted by atomic mass is 32.1. The molecule has 160 valence electrons. The molecule has 1 aliphatic rings. The van der Waals surface area contributed by atoms with E-state index in [0.29, 0.717) is 29.2 Å². The van der Waals surface area contributed by atoms with Crippen LogP contribution >= 0.6 is 11.3 Å². The van der Waals surface area contributed by atoms with Gasteiger partial charge in [0.25, 0.3) is 5.91 Å². The van der Waals surface area contributed by atoms with E-state index in [4.69, 9.17) is 10.5 Å². The van der Waals surface area contributed by atoms with Crippen molar-refractivity contribution in [1.29, 1.82) is 0 Å². The van der Waals surface area contributed by atoms with Crippen molar-refractivity contribution < 1.29 is 14.3 Å². The molecule has 1 fully saturated rings. The monoisotopic (exact) mass is 436 g/mol. The van der Waals surface area contributed by atoms with Crippen molar-refractivity contribution in [3.8, 4) is 5.75 Å². The zero-order valence-electron chi connectivity index (χ0n) is 17.0.